The van der Waals surface area contributed by atoms with Crippen LogP contribution in [0.2, 0.25) is 0 Å². The molecule has 0 atom stereocenters. The van der Waals surface area contributed by atoms with Crippen LogP contribution >= 0.6 is 0 Å². The number of hydrogen-bond donors (Lipinski definition) is 1. The number of hydrogen-bond acceptors (Lipinski definition) is 6. The summed E-state index contributed by atoms with van der Waals surface area (Å²) in [6.07, 6.45) is 4.35. The Morgan fingerprint density at radius 2 is 1.93 bits per heavy atom. The molecule has 0 fully saturated rings. The fourth-order valence-corrected chi connectivity index (χ4v) is 3.53. The van der Waals surface area contributed by atoms with Gasteiger partial charge in [-0.05, 0) is 31.5 Å². The van der Waals surface area contributed by atoms with Crippen molar-refractivity contribution in [2.24, 2.45) is 0 Å². The minimum atomic E-state index is -1.10. The molecule has 0 aliphatic heterocycles. The Morgan fingerprint density at radius 1 is 1.13 bits per heavy atom. The largest absolute Gasteiger partial charge is 0.440 e. The molecule has 0 bridgehead atoms. The molecule has 5 rings (SSSR count). The summed E-state index contributed by atoms with van der Waals surface area (Å²) in [5, 5.41) is 0.386. The average Bonchev–Trinajstić information content (AvgIpc) is 3.32. The molecule has 10 heteroatoms. The van der Waals surface area contributed by atoms with E-state index < -0.39 is 17.2 Å². The van der Waals surface area contributed by atoms with Gasteiger partial charge in [-0.3, -0.25) is 4.79 Å². The fourth-order valence-electron chi connectivity index (χ4n) is 3.53. The minimum Gasteiger partial charge on any atom is -0.440 e. The molecule has 0 radical (unpaired) electrons. The summed E-state index contributed by atoms with van der Waals surface area (Å²) in [6, 6.07) is 2.47. The van der Waals surface area contributed by atoms with Crippen molar-refractivity contribution < 1.29 is 13.2 Å². The summed E-state index contributed by atoms with van der Waals surface area (Å²) < 4.78 is 35.3. The lowest BCUT2D eigenvalue weighted by Gasteiger charge is -2.13. The van der Waals surface area contributed by atoms with Crippen LogP contribution in [0, 0.1) is 25.5 Å². The number of benzene rings is 1. The molecule has 0 spiro atoms. The number of pyridine rings is 1. The van der Waals surface area contributed by atoms with Crippen LogP contribution in [0.1, 0.15) is 16.8 Å². The number of rotatable bonds is 3. The van der Waals surface area contributed by atoms with E-state index in [-0.39, 0.29) is 12.1 Å². The van der Waals surface area contributed by atoms with Gasteiger partial charge < -0.3 is 14.0 Å². The third kappa shape index (κ3) is 2.60. The molecule has 1 aromatic carbocycles. The van der Waals surface area contributed by atoms with Crippen molar-refractivity contribution in [1.29, 1.82) is 0 Å². The van der Waals surface area contributed by atoms with Crippen molar-refractivity contribution in [3.05, 3.63) is 69.7 Å². The second-order valence-corrected chi connectivity index (χ2v) is 6.83. The van der Waals surface area contributed by atoms with Gasteiger partial charge in [-0.2, -0.15) is 0 Å². The van der Waals surface area contributed by atoms with Crippen LogP contribution in [-0.4, -0.2) is 29.5 Å². The van der Waals surface area contributed by atoms with Crippen molar-refractivity contribution in [2.75, 3.05) is 0 Å². The Bertz CT molecular complexity index is 1500. The Hall–Kier alpha value is -3.95. The number of nitrogens with one attached hydrogen (secondary N) is 1. The normalized spacial score (nSPS) is 11.6. The first-order chi connectivity index (χ1) is 14.5. The molecule has 30 heavy (non-hydrogen) atoms. The molecule has 0 aliphatic rings. The van der Waals surface area contributed by atoms with Gasteiger partial charge in [0.2, 0.25) is 0 Å². The van der Waals surface area contributed by atoms with Crippen LogP contribution in [0.4, 0.5) is 8.78 Å². The summed E-state index contributed by atoms with van der Waals surface area (Å²) in [4.78, 5) is 32.1. The molecule has 150 valence electrons. The third-order valence-corrected chi connectivity index (χ3v) is 5.10. The van der Waals surface area contributed by atoms with E-state index in [0.29, 0.717) is 45.1 Å². The van der Waals surface area contributed by atoms with Gasteiger partial charge in [0, 0.05) is 23.3 Å². The van der Waals surface area contributed by atoms with E-state index in [9.17, 15) is 13.6 Å². The Morgan fingerprint density at radius 3 is 2.70 bits per heavy atom. The molecule has 4 aromatic heterocycles. The van der Waals surface area contributed by atoms with E-state index in [2.05, 4.69) is 24.9 Å². The van der Waals surface area contributed by atoms with Crippen LogP contribution < -0.4 is 5.56 Å². The van der Waals surface area contributed by atoms with E-state index in [1.54, 1.807) is 18.4 Å². The molecule has 0 aliphatic carbocycles. The highest BCUT2D eigenvalue weighted by Crippen LogP contribution is 2.29. The molecule has 0 saturated heterocycles. The van der Waals surface area contributed by atoms with Crippen LogP contribution in [0.3, 0.4) is 0 Å². The van der Waals surface area contributed by atoms with Gasteiger partial charge in [-0.15, -0.1) is 0 Å². The molecule has 4 heterocycles. The van der Waals surface area contributed by atoms with Gasteiger partial charge in [0.15, 0.2) is 40.9 Å². The molecular formula is C20H14F2N6O2. The molecule has 5 aromatic rings. The number of nitrogens with zero attached hydrogens (tertiary/aromatic N) is 5. The van der Waals surface area contributed by atoms with Gasteiger partial charge in [0.25, 0.3) is 5.56 Å². The molecule has 1 N–H and O–H groups in total. The van der Waals surface area contributed by atoms with Gasteiger partial charge in [-0.25, -0.2) is 28.7 Å². The molecule has 0 saturated carbocycles. The van der Waals surface area contributed by atoms with E-state index in [1.165, 1.54) is 24.9 Å². The summed E-state index contributed by atoms with van der Waals surface area (Å²) >= 11 is 0. The number of aryl methyl sites for hydroxylation is 1. The minimum absolute atomic E-state index is 0.113. The topological polar surface area (TPSA) is 102 Å². The maximum Gasteiger partial charge on any atom is 0.251 e. The first-order valence-electron chi connectivity index (χ1n) is 9.03. The Labute approximate surface area is 167 Å². The lowest BCUT2D eigenvalue weighted by atomic mass is 10.0. The van der Waals surface area contributed by atoms with Crippen LogP contribution in [0.15, 0.2) is 40.1 Å². The van der Waals surface area contributed by atoms with E-state index in [0.717, 1.165) is 6.07 Å². The molecule has 0 unspecified atom stereocenters. The Kier molecular flexibility index (Phi) is 3.95. The van der Waals surface area contributed by atoms with Crippen molar-refractivity contribution in [2.45, 2.75) is 20.4 Å². The predicted octanol–water partition coefficient (Wildman–Crippen LogP) is 3.27. The first kappa shape index (κ1) is 18.1. The quantitative estimate of drug-likeness (QED) is 0.492. The van der Waals surface area contributed by atoms with Gasteiger partial charge >= 0.3 is 0 Å². The third-order valence-electron chi connectivity index (χ3n) is 5.10. The van der Waals surface area contributed by atoms with E-state index in [4.69, 9.17) is 4.42 Å². The van der Waals surface area contributed by atoms with Crippen LogP contribution in [0.25, 0.3) is 33.8 Å². The lowest BCUT2D eigenvalue weighted by Crippen LogP contribution is -2.16. The number of aromatic amines is 1. The van der Waals surface area contributed by atoms with Gasteiger partial charge in [0.05, 0.1) is 17.8 Å². The lowest BCUT2D eigenvalue weighted by molar-refractivity contribution is 0.515. The van der Waals surface area contributed by atoms with E-state index in [1.807, 2.05) is 0 Å². The standard InChI is InChI=1S/C20H14F2N6O2/c1-9-12(11-3-4-13(21)14(22)15(11)26-20(9)29)7-28-18(16-10(2)25-8-30-16)27-17-19(28)24-6-5-23-17/h3-6,8H,7H2,1-2H3,(H,26,29). The van der Waals surface area contributed by atoms with Crippen molar-refractivity contribution in [3.63, 3.8) is 0 Å². The number of fused-ring (bicyclic) bond motifs is 2. The highest BCUT2D eigenvalue weighted by Gasteiger charge is 2.22. The second kappa shape index (κ2) is 6.55. The van der Waals surface area contributed by atoms with Crippen molar-refractivity contribution in [1.82, 2.24) is 29.5 Å². The van der Waals surface area contributed by atoms with Crippen LogP contribution in [-0.2, 0) is 6.54 Å². The van der Waals surface area contributed by atoms with Crippen molar-refractivity contribution in [3.8, 4) is 11.6 Å². The fraction of sp³-hybridized carbons (Fsp3) is 0.150. The van der Waals surface area contributed by atoms with Gasteiger partial charge in [-0.1, -0.05) is 0 Å². The van der Waals surface area contributed by atoms with Crippen molar-refractivity contribution >= 4 is 22.2 Å². The zero-order valence-corrected chi connectivity index (χ0v) is 15.9. The van der Waals surface area contributed by atoms with Crippen LogP contribution in [0.5, 0.6) is 0 Å². The molecule has 0 amide bonds. The summed E-state index contributed by atoms with van der Waals surface area (Å²) in [7, 11) is 0. The van der Waals surface area contributed by atoms with E-state index >= 15 is 0 Å². The second-order valence-electron chi connectivity index (χ2n) is 6.83. The zero-order valence-electron chi connectivity index (χ0n) is 15.9. The molecular weight excluding hydrogens is 394 g/mol. The summed E-state index contributed by atoms with van der Waals surface area (Å²) in [6.45, 7) is 3.51. The number of H-pyrrole nitrogens is 1. The highest BCUT2D eigenvalue weighted by molar-refractivity contribution is 5.84. The smallest absolute Gasteiger partial charge is 0.251 e. The maximum atomic E-state index is 14.4. The number of halogens is 2. The average molecular weight is 408 g/mol. The predicted molar refractivity (Wildman–Crippen MR) is 104 cm³/mol. The number of oxazole rings is 1. The van der Waals surface area contributed by atoms with Gasteiger partial charge in [0.1, 0.15) is 0 Å². The zero-order chi connectivity index (χ0) is 21.0. The maximum absolute atomic E-state index is 14.4. The molecule has 8 nitrogen and oxygen atoms in total. The highest BCUT2D eigenvalue weighted by atomic mass is 19.2. The SMILES string of the molecule is Cc1ncoc1-c1nc2nccnc2n1Cc1c(C)c(=O)[nH]c2c(F)c(F)ccc12. The first-order valence-corrected chi connectivity index (χ1v) is 9.03. The number of aromatic nitrogens is 6. The monoisotopic (exact) mass is 408 g/mol. The summed E-state index contributed by atoms with van der Waals surface area (Å²) in [5.41, 5.74) is 1.65. The number of imidazole rings is 1. The Balaban J connectivity index is 1.81. The summed E-state index contributed by atoms with van der Waals surface area (Å²) in [5.74, 6) is -1.29.